The van der Waals surface area contributed by atoms with Gasteiger partial charge in [-0.2, -0.15) is 0 Å². The molecule has 2 unspecified atom stereocenters. The zero-order chi connectivity index (χ0) is 8.60. The highest BCUT2D eigenvalue weighted by Crippen LogP contribution is 2.44. The third-order valence-electron chi connectivity index (χ3n) is 3.42. The Balaban J connectivity index is 1.91. The van der Waals surface area contributed by atoms with Gasteiger partial charge in [0.05, 0.1) is 0 Å². The van der Waals surface area contributed by atoms with E-state index in [-0.39, 0.29) is 0 Å². The van der Waals surface area contributed by atoms with E-state index in [1.807, 2.05) is 0 Å². The Kier molecular flexibility index (Phi) is 2.42. The monoisotopic (exact) mass is 186 g/mol. The fourth-order valence-corrected chi connectivity index (χ4v) is 3.57. The van der Waals surface area contributed by atoms with Gasteiger partial charge in [-0.05, 0) is 31.7 Å². The molecule has 2 fully saturated rings. The van der Waals surface area contributed by atoms with Gasteiger partial charge in [0.1, 0.15) is 0 Å². The lowest BCUT2D eigenvalue weighted by atomic mass is 9.68. The first-order chi connectivity index (χ1) is 5.74. The van der Waals surface area contributed by atoms with E-state index in [1.165, 1.54) is 38.8 Å². The molecule has 1 saturated heterocycles. The van der Waals surface area contributed by atoms with Crippen molar-refractivity contribution in [2.75, 3.05) is 20.1 Å². The Morgan fingerprint density at radius 2 is 2.25 bits per heavy atom. The highest BCUT2D eigenvalue weighted by atomic mass is 31.0. The molecule has 0 bridgehead atoms. The van der Waals surface area contributed by atoms with Gasteiger partial charge in [-0.3, -0.25) is 4.67 Å². The van der Waals surface area contributed by atoms with Gasteiger partial charge in [0, 0.05) is 19.1 Å². The topological polar surface area (TPSA) is 15.3 Å². The van der Waals surface area contributed by atoms with Gasteiger partial charge in [-0.25, -0.2) is 0 Å². The lowest BCUT2D eigenvalue weighted by Gasteiger charge is -2.52. The predicted octanol–water partition coefficient (Wildman–Crippen LogP) is 1.24. The van der Waals surface area contributed by atoms with Crippen LogP contribution in [-0.2, 0) is 0 Å². The quantitative estimate of drug-likeness (QED) is 0.620. The first kappa shape index (κ1) is 8.93. The maximum atomic E-state index is 3.42. The number of hydrogen-bond acceptors (Lipinski definition) is 2. The largest absolute Gasteiger partial charge is 0.317 e. The summed E-state index contributed by atoms with van der Waals surface area (Å²) >= 11 is 0. The van der Waals surface area contributed by atoms with E-state index in [2.05, 4.69) is 26.4 Å². The number of nitrogens with zero attached hydrogens (tertiary/aromatic N) is 1. The molecule has 2 nitrogen and oxygen atoms in total. The van der Waals surface area contributed by atoms with Crippen molar-refractivity contribution >= 4 is 9.39 Å². The molecule has 0 aromatic rings. The van der Waals surface area contributed by atoms with Crippen LogP contribution in [-0.4, -0.2) is 30.8 Å². The van der Waals surface area contributed by atoms with Gasteiger partial charge in [-0.15, -0.1) is 0 Å². The number of nitrogens with one attached hydrogen (secondary N) is 1. The maximum absolute atomic E-state index is 3.42. The van der Waals surface area contributed by atoms with E-state index in [0.29, 0.717) is 5.41 Å². The third kappa shape index (κ3) is 1.53. The minimum atomic E-state index is 0.688. The average Bonchev–Trinajstić information content (AvgIpc) is 2.02. The van der Waals surface area contributed by atoms with Gasteiger partial charge in [0.15, 0.2) is 0 Å². The lowest BCUT2D eigenvalue weighted by molar-refractivity contribution is 0.0246. The SMILES string of the molecule is CNC1CCCC2(C1)CN(P)C2. The van der Waals surface area contributed by atoms with Crippen molar-refractivity contribution < 1.29 is 0 Å². The molecule has 2 atom stereocenters. The summed E-state index contributed by atoms with van der Waals surface area (Å²) in [6.07, 6.45) is 5.66. The molecule has 1 saturated carbocycles. The molecule has 1 aliphatic carbocycles. The van der Waals surface area contributed by atoms with Crippen LogP contribution in [0.4, 0.5) is 0 Å². The molecule has 3 heteroatoms. The Hall–Kier alpha value is 0.350. The minimum absolute atomic E-state index is 0.688. The normalized spacial score (nSPS) is 35.0. The van der Waals surface area contributed by atoms with E-state index >= 15 is 0 Å². The molecule has 0 radical (unpaired) electrons. The summed E-state index contributed by atoms with van der Waals surface area (Å²) < 4.78 is 2.36. The third-order valence-corrected chi connectivity index (χ3v) is 3.79. The summed E-state index contributed by atoms with van der Waals surface area (Å²) in [5, 5.41) is 3.42. The van der Waals surface area contributed by atoms with Crippen LogP contribution in [0, 0.1) is 5.41 Å². The van der Waals surface area contributed by atoms with Crippen molar-refractivity contribution in [3.63, 3.8) is 0 Å². The second-order valence-electron chi connectivity index (χ2n) is 4.49. The van der Waals surface area contributed by atoms with Crippen molar-refractivity contribution in [1.29, 1.82) is 0 Å². The van der Waals surface area contributed by atoms with E-state index in [1.54, 1.807) is 0 Å². The molecule has 1 heterocycles. The lowest BCUT2D eigenvalue weighted by Crippen LogP contribution is -2.55. The molecular formula is C9H19N2P. The highest BCUT2D eigenvalue weighted by Gasteiger charge is 2.43. The Morgan fingerprint density at radius 1 is 1.50 bits per heavy atom. The molecule has 0 amide bonds. The van der Waals surface area contributed by atoms with Crippen LogP contribution in [0.2, 0.25) is 0 Å². The summed E-state index contributed by atoms with van der Waals surface area (Å²) in [4.78, 5) is 0. The minimum Gasteiger partial charge on any atom is -0.317 e. The van der Waals surface area contributed by atoms with E-state index in [9.17, 15) is 0 Å². The Morgan fingerprint density at radius 3 is 2.83 bits per heavy atom. The van der Waals surface area contributed by atoms with Gasteiger partial charge < -0.3 is 5.32 Å². The predicted molar refractivity (Wildman–Crippen MR) is 55.0 cm³/mol. The molecular weight excluding hydrogens is 167 g/mol. The molecule has 2 aliphatic rings. The standard InChI is InChI=1S/C9H19N2P/c1-10-8-3-2-4-9(5-8)6-11(12)7-9/h8,10H,2-7,12H2,1H3. The zero-order valence-corrected chi connectivity index (χ0v) is 9.00. The molecule has 1 aliphatic heterocycles. The fourth-order valence-electron chi connectivity index (χ4n) is 2.80. The van der Waals surface area contributed by atoms with Crippen molar-refractivity contribution in [3.8, 4) is 0 Å². The Labute approximate surface area is 77.3 Å². The number of rotatable bonds is 1. The van der Waals surface area contributed by atoms with Gasteiger partial charge in [0.2, 0.25) is 0 Å². The average molecular weight is 186 g/mol. The summed E-state index contributed by atoms with van der Waals surface area (Å²) in [5.74, 6) is 0. The first-order valence-electron chi connectivity index (χ1n) is 4.91. The molecule has 1 N–H and O–H groups in total. The van der Waals surface area contributed by atoms with Crippen molar-refractivity contribution in [2.24, 2.45) is 5.41 Å². The molecule has 1 spiro atoms. The maximum Gasteiger partial charge on any atom is 0.00860 e. The molecule has 12 heavy (non-hydrogen) atoms. The second-order valence-corrected chi connectivity index (χ2v) is 5.22. The molecule has 2 rings (SSSR count). The molecule has 0 aromatic heterocycles. The van der Waals surface area contributed by atoms with Crippen molar-refractivity contribution in [2.45, 2.75) is 31.7 Å². The summed E-state index contributed by atoms with van der Waals surface area (Å²) in [6.45, 7) is 2.60. The fraction of sp³-hybridized carbons (Fsp3) is 1.00. The van der Waals surface area contributed by atoms with E-state index in [4.69, 9.17) is 0 Å². The highest BCUT2D eigenvalue weighted by molar-refractivity contribution is 7.13. The van der Waals surface area contributed by atoms with E-state index in [0.717, 1.165) is 6.04 Å². The number of hydrogen-bond donors (Lipinski definition) is 1. The van der Waals surface area contributed by atoms with Crippen molar-refractivity contribution in [3.05, 3.63) is 0 Å². The van der Waals surface area contributed by atoms with Crippen LogP contribution < -0.4 is 5.32 Å². The van der Waals surface area contributed by atoms with Crippen LogP contribution >= 0.6 is 9.39 Å². The summed E-state index contributed by atoms with van der Waals surface area (Å²) in [6, 6.07) is 0.789. The molecule has 0 aromatic carbocycles. The zero-order valence-electron chi connectivity index (χ0n) is 7.84. The first-order valence-corrected chi connectivity index (χ1v) is 5.43. The van der Waals surface area contributed by atoms with Crippen LogP contribution in [0.1, 0.15) is 25.7 Å². The van der Waals surface area contributed by atoms with Crippen LogP contribution in [0.25, 0.3) is 0 Å². The van der Waals surface area contributed by atoms with Gasteiger partial charge in [-0.1, -0.05) is 15.8 Å². The van der Waals surface area contributed by atoms with Crippen LogP contribution in [0.5, 0.6) is 0 Å². The van der Waals surface area contributed by atoms with Gasteiger partial charge >= 0.3 is 0 Å². The van der Waals surface area contributed by atoms with Crippen LogP contribution in [0.15, 0.2) is 0 Å². The van der Waals surface area contributed by atoms with Gasteiger partial charge in [0.25, 0.3) is 0 Å². The summed E-state index contributed by atoms with van der Waals surface area (Å²) in [7, 11) is 4.90. The second kappa shape index (κ2) is 3.25. The summed E-state index contributed by atoms with van der Waals surface area (Å²) in [5.41, 5.74) is 0.688. The van der Waals surface area contributed by atoms with Crippen LogP contribution in [0.3, 0.4) is 0 Å². The van der Waals surface area contributed by atoms with E-state index < -0.39 is 0 Å². The smallest absolute Gasteiger partial charge is 0.00860 e. The Bertz CT molecular complexity index is 160. The molecule has 70 valence electrons. The van der Waals surface area contributed by atoms with Crippen molar-refractivity contribution in [1.82, 2.24) is 9.99 Å².